The molecule has 8 heteroatoms. The van der Waals surface area contributed by atoms with Crippen LogP contribution in [0, 0.1) is 6.92 Å². The molecule has 1 heterocycles. The third-order valence-electron chi connectivity index (χ3n) is 3.70. The SMILES string of the molecule is COc1ccc(-n2nnnc2SCC(=O)NCc2ccc(C)cc2)cc1. The molecule has 7 nitrogen and oxygen atoms in total. The van der Waals surface area contributed by atoms with Gasteiger partial charge in [0.25, 0.3) is 0 Å². The van der Waals surface area contributed by atoms with Crippen molar-refractivity contribution in [3.8, 4) is 11.4 Å². The smallest absolute Gasteiger partial charge is 0.230 e. The molecule has 3 rings (SSSR count). The van der Waals surface area contributed by atoms with E-state index in [1.807, 2.05) is 55.5 Å². The van der Waals surface area contributed by atoms with Gasteiger partial charge in [-0.1, -0.05) is 41.6 Å². The highest BCUT2D eigenvalue weighted by Gasteiger charge is 2.11. The molecule has 1 aromatic heterocycles. The second kappa shape index (κ2) is 8.48. The van der Waals surface area contributed by atoms with Gasteiger partial charge in [-0.05, 0) is 47.2 Å². The highest BCUT2D eigenvalue weighted by atomic mass is 32.2. The predicted octanol–water partition coefficient (Wildman–Crippen LogP) is 2.39. The molecule has 0 bridgehead atoms. The molecule has 0 atom stereocenters. The van der Waals surface area contributed by atoms with E-state index in [-0.39, 0.29) is 11.7 Å². The minimum absolute atomic E-state index is 0.0696. The number of aromatic nitrogens is 4. The molecular formula is C18H19N5O2S. The Hall–Kier alpha value is -2.87. The van der Waals surface area contributed by atoms with Crippen LogP contribution >= 0.6 is 11.8 Å². The molecular weight excluding hydrogens is 350 g/mol. The molecule has 0 saturated heterocycles. The van der Waals surface area contributed by atoms with Crippen molar-refractivity contribution in [3.05, 3.63) is 59.7 Å². The third kappa shape index (κ3) is 4.60. The van der Waals surface area contributed by atoms with E-state index >= 15 is 0 Å². The topological polar surface area (TPSA) is 81.9 Å². The van der Waals surface area contributed by atoms with Gasteiger partial charge in [0.1, 0.15) is 5.75 Å². The van der Waals surface area contributed by atoms with Gasteiger partial charge in [0.2, 0.25) is 11.1 Å². The van der Waals surface area contributed by atoms with E-state index in [1.54, 1.807) is 11.8 Å². The van der Waals surface area contributed by atoms with E-state index in [0.29, 0.717) is 11.7 Å². The molecule has 0 aliphatic carbocycles. The maximum absolute atomic E-state index is 12.1. The summed E-state index contributed by atoms with van der Waals surface area (Å²) in [5.74, 6) is 0.925. The molecule has 0 aliphatic rings. The Morgan fingerprint density at radius 1 is 1.15 bits per heavy atom. The third-order valence-corrected chi connectivity index (χ3v) is 4.62. The number of amides is 1. The summed E-state index contributed by atoms with van der Waals surface area (Å²) in [4.78, 5) is 12.1. The number of carbonyl (C=O) groups excluding carboxylic acids is 1. The number of rotatable bonds is 7. The van der Waals surface area contributed by atoms with Gasteiger partial charge < -0.3 is 10.1 Å². The first kappa shape index (κ1) is 17.9. The lowest BCUT2D eigenvalue weighted by Crippen LogP contribution is -2.24. The highest BCUT2D eigenvalue weighted by molar-refractivity contribution is 7.99. The zero-order chi connectivity index (χ0) is 18.4. The van der Waals surface area contributed by atoms with E-state index in [0.717, 1.165) is 17.0 Å². The Balaban J connectivity index is 1.55. The number of nitrogens with one attached hydrogen (secondary N) is 1. The van der Waals surface area contributed by atoms with Crippen molar-refractivity contribution in [2.45, 2.75) is 18.6 Å². The van der Waals surface area contributed by atoms with Crippen LogP contribution in [0.4, 0.5) is 0 Å². The normalized spacial score (nSPS) is 10.5. The first-order chi connectivity index (χ1) is 12.7. The Kier molecular flexibility index (Phi) is 5.85. The number of benzene rings is 2. The minimum atomic E-state index is -0.0696. The van der Waals surface area contributed by atoms with Crippen molar-refractivity contribution in [2.75, 3.05) is 12.9 Å². The molecule has 0 unspecified atom stereocenters. The molecule has 134 valence electrons. The average molecular weight is 369 g/mol. The van der Waals surface area contributed by atoms with Gasteiger partial charge in [-0.25, -0.2) is 0 Å². The summed E-state index contributed by atoms with van der Waals surface area (Å²) >= 11 is 1.29. The summed E-state index contributed by atoms with van der Waals surface area (Å²) in [6.45, 7) is 2.54. The first-order valence-electron chi connectivity index (χ1n) is 8.03. The lowest BCUT2D eigenvalue weighted by molar-refractivity contribution is -0.118. The van der Waals surface area contributed by atoms with Gasteiger partial charge in [0, 0.05) is 6.54 Å². The van der Waals surface area contributed by atoms with Crippen LogP contribution < -0.4 is 10.1 Å². The first-order valence-corrected chi connectivity index (χ1v) is 9.02. The van der Waals surface area contributed by atoms with Crippen molar-refractivity contribution in [3.63, 3.8) is 0 Å². The van der Waals surface area contributed by atoms with Crippen LogP contribution in [0.5, 0.6) is 5.75 Å². The number of hydrogen-bond donors (Lipinski definition) is 1. The average Bonchev–Trinajstić information content (AvgIpc) is 3.14. The molecule has 0 aliphatic heterocycles. The van der Waals surface area contributed by atoms with Crippen LogP contribution in [0.3, 0.4) is 0 Å². The number of ether oxygens (including phenoxy) is 1. The highest BCUT2D eigenvalue weighted by Crippen LogP contribution is 2.20. The largest absolute Gasteiger partial charge is 0.497 e. The zero-order valence-electron chi connectivity index (χ0n) is 14.5. The van der Waals surface area contributed by atoms with Crippen LogP contribution in [-0.2, 0) is 11.3 Å². The number of carbonyl (C=O) groups is 1. The van der Waals surface area contributed by atoms with Crippen LogP contribution in [0.15, 0.2) is 53.7 Å². The van der Waals surface area contributed by atoms with E-state index in [2.05, 4.69) is 20.8 Å². The van der Waals surface area contributed by atoms with Crippen LogP contribution in [-0.4, -0.2) is 39.0 Å². The molecule has 0 radical (unpaired) electrons. The maximum Gasteiger partial charge on any atom is 0.230 e. The quantitative estimate of drug-likeness (QED) is 0.644. The summed E-state index contributed by atoms with van der Waals surface area (Å²) in [5, 5.41) is 15.1. The molecule has 1 N–H and O–H groups in total. The van der Waals surface area contributed by atoms with Gasteiger partial charge in [0.05, 0.1) is 18.6 Å². The minimum Gasteiger partial charge on any atom is -0.497 e. The number of methoxy groups -OCH3 is 1. The Morgan fingerprint density at radius 3 is 2.58 bits per heavy atom. The fourth-order valence-electron chi connectivity index (χ4n) is 2.24. The van der Waals surface area contributed by atoms with Crippen molar-refractivity contribution < 1.29 is 9.53 Å². The Labute approximate surface area is 155 Å². The maximum atomic E-state index is 12.1. The van der Waals surface area contributed by atoms with Crippen molar-refractivity contribution in [1.29, 1.82) is 0 Å². The summed E-state index contributed by atoms with van der Waals surface area (Å²) in [6.07, 6.45) is 0. The van der Waals surface area contributed by atoms with Gasteiger partial charge in [-0.15, -0.1) is 5.10 Å². The zero-order valence-corrected chi connectivity index (χ0v) is 15.4. The van der Waals surface area contributed by atoms with Crippen LogP contribution in [0.1, 0.15) is 11.1 Å². The number of hydrogen-bond acceptors (Lipinski definition) is 6. The van der Waals surface area contributed by atoms with E-state index in [9.17, 15) is 4.79 Å². The standard InChI is InChI=1S/C18H19N5O2S/c1-13-3-5-14(6-4-13)11-19-17(24)12-26-18-20-21-22-23(18)15-7-9-16(25-2)10-8-15/h3-10H,11-12H2,1-2H3,(H,19,24). The molecule has 1 amide bonds. The van der Waals surface area contributed by atoms with E-state index in [4.69, 9.17) is 4.74 Å². The van der Waals surface area contributed by atoms with E-state index < -0.39 is 0 Å². The molecule has 0 fully saturated rings. The second-order valence-electron chi connectivity index (χ2n) is 5.62. The van der Waals surface area contributed by atoms with Gasteiger partial charge >= 0.3 is 0 Å². The molecule has 26 heavy (non-hydrogen) atoms. The van der Waals surface area contributed by atoms with Gasteiger partial charge in [-0.3, -0.25) is 4.79 Å². The lowest BCUT2D eigenvalue weighted by Gasteiger charge is -2.07. The molecule has 0 saturated carbocycles. The second-order valence-corrected chi connectivity index (χ2v) is 6.56. The fourth-order valence-corrected chi connectivity index (χ4v) is 2.96. The Morgan fingerprint density at radius 2 is 1.88 bits per heavy atom. The number of tetrazole rings is 1. The van der Waals surface area contributed by atoms with E-state index in [1.165, 1.54) is 17.3 Å². The van der Waals surface area contributed by atoms with Gasteiger partial charge in [-0.2, -0.15) is 4.68 Å². The van der Waals surface area contributed by atoms with Gasteiger partial charge in [0.15, 0.2) is 0 Å². The summed E-state index contributed by atoms with van der Waals surface area (Å²) in [7, 11) is 1.61. The fraction of sp³-hybridized carbons (Fsp3) is 0.222. The van der Waals surface area contributed by atoms with Crippen LogP contribution in [0.25, 0.3) is 5.69 Å². The number of thioether (sulfide) groups is 1. The predicted molar refractivity (Wildman–Crippen MR) is 99.5 cm³/mol. The van der Waals surface area contributed by atoms with Crippen molar-refractivity contribution in [2.24, 2.45) is 0 Å². The summed E-state index contributed by atoms with van der Waals surface area (Å²) < 4.78 is 6.74. The summed E-state index contributed by atoms with van der Waals surface area (Å²) in [5.41, 5.74) is 3.07. The number of nitrogens with zero attached hydrogens (tertiary/aromatic N) is 4. The lowest BCUT2D eigenvalue weighted by atomic mass is 10.1. The van der Waals surface area contributed by atoms with Crippen molar-refractivity contribution in [1.82, 2.24) is 25.5 Å². The van der Waals surface area contributed by atoms with Crippen LogP contribution in [0.2, 0.25) is 0 Å². The van der Waals surface area contributed by atoms with Crippen molar-refractivity contribution >= 4 is 17.7 Å². The molecule has 2 aromatic carbocycles. The Bertz CT molecular complexity index is 862. The number of aryl methyl sites for hydroxylation is 1. The molecule has 3 aromatic rings. The monoisotopic (exact) mass is 369 g/mol. The molecule has 0 spiro atoms. The summed E-state index contributed by atoms with van der Waals surface area (Å²) in [6, 6.07) is 15.4.